The van der Waals surface area contributed by atoms with Gasteiger partial charge in [0.15, 0.2) is 21.9 Å². The fourth-order valence-corrected chi connectivity index (χ4v) is 4.36. The van der Waals surface area contributed by atoms with E-state index >= 15 is 0 Å². The summed E-state index contributed by atoms with van der Waals surface area (Å²) in [5.74, 6) is -0.661. The molecule has 4 rings (SSSR count). The summed E-state index contributed by atoms with van der Waals surface area (Å²) in [7, 11) is 0. The van der Waals surface area contributed by atoms with E-state index in [1.807, 2.05) is 6.92 Å². The number of carbonyl (C=O) groups is 2. The number of hydrogen-bond donors (Lipinski definition) is 0. The second-order valence-electron chi connectivity index (χ2n) is 6.82. The molecule has 0 saturated heterocycles. The molecule has 2 aromatic carbocycles. The van der Waals surface area contributed by atoms with Gasteiger partial charge in [0.05, 0.1) is 28.4 Å². The van der Waals surface area contributed by atoms with Crippen molar-refractivity contribution in [3.05, 3.63) is 63.1 Å². The largest absolute Gasteiger partial charge is 0.490 e. The van der Waals surface area contributed by atoms with E-state index in [4.69, 9.17) is 13.9 Å². The number of hydrogen-bond acceptors (Lipinski definition) is 8. The Balaban J connectivity index is 1.81. The van der Waals surface area contributed by atoms with Gasteiger partial charge in [-0.3, -0.25) is 19.7 Å². The van der Waals surface area contributed by atoms with E-state index < -0.39 is 16.8 Å². The number of furan rings is 1. The van der Waals surface area contributed by atoms with Crippen LogP contribution in [0.4, 0.5) is 5.69 Å². The van der Waals surface area contributed by atoms with Crippen molar-refractivity contribution in [3.8, 4) is 5.75 Å². The van der Waals surface area contributed by atoms with Gasteiger partial charge in [-0.2, -0.15) is 4.99 Å². The van der Waals surface area contributed by atoms with Crippen LogP contribution in [-0.2, 0) is 16.1 Å². The number of aromatic nitrogens is 1. The molecule has 0 spiro atoms. The van der Waals surface area contributed by atoms with E-state index in [1.165, 1.54) is 22.8 Å². The van der Waals surface area contributed by atoms with Gasteiger partial charge in [0.1, 0.15) is 6.54 Å². The first-order valence-electron chi connectivity index (χ1n) is 10.1. The molecule has 11 heteroatoms. The van der Waals surface area contributed by atoms with Gasteiger partial charge in [-0.15, -0.1) is 0 Å². The number of thiazole rings is 1. The standard InChI is InChI=1S/C22H19N3O7S/c1-3-30-16-7-5-6-13-10-17(32-20(13)16)21(27)23-22-24(12-19(26)31-4-2)15-9-8-14(25(28)29)11-18(15)33-22/h5-11H,3-4,12H2,1-2H3. The summed E-state index contributed by atoms with van der Waals surface area (Å²) in [6.07, 6.45) is 0. The number of nitrogens with zero attached hydrogens (tertiary/aromatic N) is 3. The fourth-order valence-electron chi connectivity index (χ4n) is 3.30. The summed E-state index contributed by atoms with van der Waals surface area (Å²) in [5, 5.41) is 11.8. The summed E-state index contributed by atoms with van der Waals surface area (Å²) in [6, 6.07) is 11.1. The van der Waals surface area contributed by atoms with Crippen LogP contribution < -0.4 is 9.54 Å². The Morgan fingerprint density at radius 1 is 1.18 bits per heavy atom. The van der Waals surface area contributed by atoms with E-state index in [1.54, 1.807) is 31.2 Å². The highest BCUT2D eigenvalue weighted by Crippen LogP contribution is 2.29. The number of esters is 1. The van der Waals surface area contributed by atoms with Crippen molar-refractivity contribution in [2.45, 2.75) is 20.4 Å². The smallest absolute Gasteiger partial charge is 0.326 e. The van der Waals surface area contributed by atoms with Gasteiger partial charge >= 0.3 is 11.9 Å². The molecule has 4 aromatic rings. The van der Waals surface area contributed by atoms with Crippen LogP contribution >= 0.6 is 11.3 Å². The quantitative estimate of drug-likeness (QED) is 0.227. The number of rotatable bonds is 7. The maximum atomic E-state index is 12.9. The van der Waals surface area contributed by atoms with Gasteiger partial charge in [0.25, 0.3) is 5.69 Å². The number of carbonyl (C=O) groups excluding carboxylic acids is 2. The Kier molecular flexibility index (Phi) is 6.22. The number of fused-ring (bicyclic) bond motifs is 2. The molecular formula is C22H19N3O7S. The normalized spacial score (nSPS) is 11.8. The highest BCUT2D eigenvalue weighted by atomic mass is 32.1. The molecule has 0 aliphatic heterocycles. The highest BCUT2D eigenvalue weighted by molar-refractivity contribution is 7.16. The van der Waals surface area contributed by atoms with Crippen molar-refractivity contribution in [1.82, 2.24) is 4.57 Å². The van der Waals surface area contributed by atoms with Gasteiger partial charge in [-0.05, 0) is 32.0 Å². The molecular weight excluding hydrogens is 450 g/mol. The molecule has 2 aromatic heterocycles. The van der Waals surface area contributed by atoms with E-state index in [2.05, 4.69) is 4.99 Å². The second-order valence-corrected chi connectivity index (χ2v) is 7.83. The Morgan fingerprint density at radius 2 is 2.00 bits per heavy atom. The van der Waals surface area contributed by atoms with Crippen LogP contribution in [0.2, 0.25) is 0 Å². The van der Waals surface area contributed by atoms with Crippen LogP contribution in [0.25, 0.3) is 21.2 Å². The number of nitro benzene ring substituents is 1. The molecule has 0 aliphatic carbocycles. The van der Waals surface area contributed by atoms with Crippen LogP contribution in [0.1, 0.15) is 24.4 Å². The average molecular weight is 469 g/mol. The minimum Gasteiger partial charge on any atom is -0.490 e. The number of amides is 1. The van der Waals surface area contributed by atoms with Gasteiger partial charge < -0.3 is 18.5 Å². The molecule has 0 bridgehead atoms. The van der Waals surface area contributed by atoms with E-state index in [0.29, 0.717) is 33.5 Å². The van der Waals surface area contributed by atoms with Crippen molar-refractivity contribution in [2.75, 3.05) is 13.2 Å². The van der Waals surface area contributed by atoms with E-state index in [9.17, 15) is 19.7 Å². The van der Waals surface area contributed by atoms with Gasteiger partial charge in [0.2, 0.25) is 0 Å². The Labute approximate surface area is 190 Å². The Morgan fingerprint density at radius 3 is 2.73 bits per heavy atom. The third kappa shape index (κ3) is 4.48. The third-order valence-electron chi connectivity index (χ3n) is 4.69. The number of para-hydroxylation sites is 1. The molecule has 0 atom stereocenters. The van der Waals surface area contributed by atoms with E-state index in [0.717, 1.165) is 11.3 Å². The summed E-state index contributed by atoms with van der Waals surface area (Å²) in [4.78, 5) is 40.1. The number of nitro groups is 1. The van der Waals surface area contributed by atoms with Crippen LogP contribution in [0.15, 0.2) is 51.9 Å². The number of non-ortho nitro benzene ring substituents is 1. The molecule has 170 valence electrons. The summed E-state index contributed by atoms with van der Waals surface area (Å²) < 4.78 is 18.3. The Bertz CT molecular complexity index is 1450. The molecule has 10 nitrogen and oxygen atoms in total. The molecule has 33 heavy (non-hydrogen) atoms. The molecule has 0 N–H and O–H groups in total. The van der Waals surface area contributed by atoms with E-state index in [-0.39, 0.29) is 29.4 Å². The lowest BCUT2D eigenvalue weighted by Crippen LogP contribution is -2.23. The highest BCUT2D eigenvalue weighted by Gasteiger charge is 2.18. The molecule has 0 saturated carbocycles. The first kappa shape index (κ1) is 22.2. The number of ether oxygens (including phenoxy) is 2. The lowest BCUT2D eigenvalue weighted by molar-refractivity contribution is -0.384. The monoisotopic (exact) mass is 469 g/mol. The second kappa shape index (κ2) is 9.25. The third-order valence-corrected chi connectivity index (χ3v) is 5.73. The zero-order chi connectivity index (χ0) is 23.5. The lowest BCUT2D eigenvalue weighted by Gasteiger charge is -2.04. The van der Waals surface area contributed by atoms with Crippen LogP contribution in [-0.4, -0.2) is 34.6 Å². The van der Waals surface area contributed by atoms with Crippen molar-refractivity contribution in [2.24, 2.45) is 4.99 Å². The SMILES string of the molecule is CCOC(=O)Cn1c(=NC(=O)c2cc3cccc(OCC)c3o2)sc2cc([N+](=O)[O-])ccc21. The maximum Gasteiger partial charge on any atom is 0.326 e. The lowest BCUT2D eigenvalue weighted by atomic mass is 10.2. The minimum absolute atomic E-state index is 0.00303. The first-order chi connectivity index (χ1) is 15.9. The van der Waals surface area contributed by atoms with Crippen molar-refractivity contribution in [1.29, 1.82) is 0 Å². The molecule has 1 amide bonds. The molecule has 2 heterocycles. The molecule has 0 fully saturated rings. The summed E-state index contributed by atoms with van der Waals surface area (Å²) in [5.41, 5.74) is 0.850. The first-order valence-corrected chi connectivity index (χ1v) is 10.9. The zero-order valence-electron chi connectivity index (χ0n) is 17.8. The number of benzene rings is 2. The molecule has 0 radical (unpaired) electrons. The topological polar surface area (TPSA) is 126 Å². The average Bonchev–Trinajstić information content (AvgIpc) is 3.36. The molecule has 0 unspecified atom stereocenters. The predicted molar refractivity (Wildman–Crippen MR) is 120 cm³/mol. The minimum atomic E-state index is -0.660. The van der Waals surface area contributed by atoms with Crippen LogP contribution in [0.3, 0.4) is 0 Å². The Hall–Kier alpha value is -3.99. The predicted octanol–water partition coefficient (Wildman–Crippen LogP) is 4.06. The van der Waals surface area contributed by atoms with Crippen molar-refractivity contribution >= 4 is 50.1 Å². The zero-order valence-corrected chi connectivity index (χ0v) is 18.6. The van der Waals surface area contributed by atoms with Gasteiger partial charge in [-0.25, -0.2) is 0 Å². The fraction of sp³-hybridized carbons (Fsp3) is 0.227. The summed E-state index contributed by atoms with van der Waals surface area (Å²) in [6.45, 7) is 3.96. The molecule has 0 aliphatic rings. The maximum absolute atomic E-state index is 12.9. The summed E-state index contributed by atoms with van der Waals surface area (Å²) >= 11 is 1.05. The van der Waals surface area contributed by atoms with Gasteiger partial charge in [-0.1, -0.05) is 23.5 Å². The van der Waals surface area contributed by atoms with Gasteiger partial charge in [0, 0.05) is 17.5 Å². The van der Waals surface area contributed by atoms with Crippen LogP contribution in [0.5, 0.6) is 5.75 Å². The van der Waals surface area contributed by atoms with Crippen LogP contribution in [0, 0.1) is 10.1 Å². The van der Waals surface area contributed by atoms with Crippen molar-refractivity contribution < 1.29 is 28.4 Å². The van der Waals surface area contributed by atoms with Crippen molar-refractivity contribution in [3.63, 3.8) is 0 Å².